The highest BCUT2D eigenvalue weighted by Crippen LogP contribution is 2.21. The smallest absolute Gasteiger partial charge is 0.0916 e. The molecule has 0 saturated heterocycles. The fourth-order valence-electron chi connectivity index (χ4n) is 2.32. The molecular formula is C18H28N2O. The van der Waals surface area contributed by atoms with Crippen molar-refractivity contribution in [2.24, 2.45) is 5.41 Å². The van der Waals surface area contributed by atoms with Crippen LogP contribution in [-0.4, -0.2) is 29.6 Å². The highest BCUT2D eigenvalue weighted by Gasteiger charge is 2.17. The second kappa shape index (κ2) is 8.17. The summed E-state index contributed by atoms with van der Waals surface area (Å²) in [6.07, 6.45) is 1.42. The van der Waals surface area contributed by atoms with Gasteiger partial charge < -0.3 is 10.0 Å². The Hall–Kier alpha value is -1.37. The topological polar surface area (TPSA) is 47.3 Å². The first-order valence-corrected chi connectivity index (χ1v) is 7.76. The van der Waals surface area contributed by atoms with E-state index in [2.05, 4.69) is 17.9 Å². The molecule has 0 aliphatic rings. The van der Waals surface area contributed by atoms with Crippen molar-refractivity contribution in [1.82, 2.24) is 4.90 Å². The molecule has 21 heavy (non-hydrogen) atoms. The van der Waals surface area contributed by atoms with Crippen LogP contribution in [0.25, 0.3) is 0 Å². The molecule has 1 rings (SSSR count). The molecule has 0 fully saturated rings. The lowest BCUT2D eigenvalue weighted by atomic mass is 9.90. The Morgan fingerprint density at radius 3 is 2.43 bits per heavy atom. The zero-order valence-electron chi connectivity index (χ0n) is 13.8. The standard InChI is InChI=1S/C18H28N2O/c1-5-20(12-6-11-18(3,4)14-19)13-17(21)16-9-7-15(2)8-10-16/h7-10,17,21H,5-6,11-13H2,1-4H3. The first-order chi connectivity index (χ1) is 9.88. The van der Waals surface area contributed by atoms with E-state index in [-0.39, 0.29) is 5.41 Å². The molecule has 116 valence electrons. The van der Waals surface area contributed by atoms with Gasteiger partial charge in [-0.15, -0.1) is 0 Å². The van der Waals surface area contributed by atoms with E-state index in [1.807, 2.05) is 45.0 Å². The normalized spacial score (nSPS) is 13.2. The summed E-state index contributed by atoms with van der Waals surface area (Å²) in [5, 5.41) is 19.4. The zero-order chi connectivity index (χ0) is 15.9. The third-order valence-corrected chi connectivity index (χ3v) is 3.92. The predicted octanol–water partition coefficient (Wildman–Crippen LogP) is 3.68. The molecule has 0 amide bonds. The Balaban J connectivity index is 2.46. The fraction of sp³-hybridized carbons (Fsp3) is 0.611. The summed E-state index contributed by atoms with van der Waals surface area (Å²) in [6, 6.07) is 10.4. The van der Waals surface area contributed by atoms with E-state index in [0.29, 0.717) is 6.54 Å². The van der Waals surface area contributed by atoms with Crippen molar-refractivity contribution in [2.45, 2.75) is 46.6 Å². The Kier molecular flexibility index (Phi) is 6.87. The lowest BCUT2D eigenvalue weighted by Crippen LogP contribution is -2.30. The third kappa shape index (κ3) is 6.29. The quantitative estimate of drug-likeness (QED) is 0.793. The predicted molar refractivity (Wildman–Crippen MR) is 86.9 cm³/mol. The molecule has 1 atom stereocenters. The van der Waals surface area contributed by atoms with Crippen LogP contribution < -0.4 is 0 Å². The van der Waals surface area contributed by atoms with Crippen LogP contribution in [0.5, 0.6) is 0 Å². The molecule has 0 bridgehead atoms. The Labute approximate surface area is 129 Å². The fourth-order valence-corrected chi connectivity index (χ4v) is 2.32. The van der Waals surface area contributed by atoms with Crippen molar-refractivity contribution in [3.8, 4) is 6.07 Å². The minimum Gasteiger partial charge on any atom is -0.387 e. The van der Waals surface area contributed by atoms with Gasteiger partial charge in [0.2, 0.25) is 0 Å². The van der Waals surface area contributed by atoms with E-state index < -0.39 is 6.10 Å². The lowest BCUT2D eigenvalue weighted by molar-refractivity contribution is 0.113. The molecule has 3 nitrogen and oxygen atoms in total. The van der Waals surface area contributed by atoms with Gasteiger partial charge in [0.1, 0.15) is 0 Å². The number of rotatable bonds is 8. The highest BCUT2D eigenvalue weighted by atomic mass is 16.3. The van der Waals surface area contributed by atoms with Gasteiger partial charge in [-0.05, 0) is 52.3 Å². The Morgan fingerprint density at radius 1 is 1.29 bits per heavy atom. The maximum Gasteiger partial charge on any atom is 0.0916 e. The largest absolute Gasteiger partial charge is 0.387 e. The molecule has 3 heteroatoms. The molecular weight excluding hydrogens is 260 g/mol. The summed E-state index contributed by atoms with van der Waals surface area (Å²) in [7, 11) is 0. The maximum absolute atomic E-state index is 10.3. The number of hydrogen-bond acceptors (Lipinski definition) is 3. The van der Waals surface area contributed by atoms with Crippen LogP contribution in [-0.2, 0) is 0 Å². The molecule has 0 spiro atoms. The van der Waals surface area contributed by atoms with Gasteiger partial charge in [-0.3, -0.25) is 0 Å². The number of aliphatic hydroxyl groups is 1. The number of aryl methyl sites for hydroxylation is 1. The second-order valence-corrected chi connectivity index (χ2v) is 6.42. The Bertz CT molecular complexity index is 459. The van der Waals surface area contributed by atoms with Crippen LogP contribution in [0, 0.1) is 23.7 Å². The number of benzene rings is 1. The number of likely N-dealkylation sites (N-methyl/N-ethyl adjacent to an activating group) is 1. The number of nitriles is 1. The summed E-state index contributed by atoms with van der Waals surface area (Å²) in [4.78, 5) is 2.25. The van der Waals surface area contributed by atoms with E-state index in [1.54, 1.807) is 0 Å². The van der Waals surface area contributed by atoms with Crippen molar-refractivity contribution >= 4 is 0 Å². The SMILES string of the molecule is CCN(CCCC(C)(C)C#N)CC(O)c1ccc(C)cc1. The van der Waals surface area contributed by atoms with Gasteiger partial charge in [-0.1, -0.05) is 36.8 Å². The maximum atomic E-state index is 10.3. The van der Waals surface area contributed by atoms with Gasteiger partial charge in [0, 0.05) is 6.54 Å². The average molecular weight is 288 g/mol. The molecule has 0 saturated carbocycles. The molecule has 1 N–H and O–H groups in total. The second-order valence-electron chi connectivity index (χ2n) is 6.42. The van der Waals surface area contributed by atoms with Crippen LogP contribution >= 0.6 is 0 Å². The van der Waals surface area contributed by atoms with Gasteiger partial charge >= 0.3 is 0 Å². The minimum atomic E-state index is -0.450. The summed E-state index contributed by atoms with van der Waals surface area (Å²) >= 11 is 0. The van der Waals surface area contributed by atoms with E-state index in [4.69, 9.17) is 5.26 Å². The van der Waals surface area contributed by atoms with Gasteiger partial charge in [-0.25, -0.2) is 0 Å². The van der Waals surface area contributed by atoms with Crippen LogP contribution in [0.1, 0.15) is 50.8 Å². The third-order valence-electron chi connectivity index (χ3n) is 3.92. The van der Waals surface area contributed by atoms with Crippen molar-refractivity contribution in [1.29, 1.82) is 5.26 Å². The molecule has 0 heterocycles. The van der Waals surface area contributed by atoms with Crippen molar-refractivity contribution in [3.63, 3.8) is 0 Å². The minimum absolute atomic E-state index is 0.255. The van der Waals surface area contributed by atoms with Crippen LogP contribution in [0.15, 0.2) is 24.3 Å². The number of aliphatic hydroxyl groups excluding tert-OH is 1. The van der Waals surface area contributed by atoms with Crippen LogP contribution in [0.4, 0.5) is 0 Å². The molecule has 0 radical (unpaired) electrons. The molecule has 0 aliphatic heterocycles. The first-order valence-electron chi connectivity index (χ1n) is 7.76. The van der Waals surface area contributed by atoms with Crippen molar-refractivity contribution in [2.75, 3.05) is 19.6 Å². The average Bonchev–Trinajstić information content (AvgIpc) is 2.46. The molecule has 0 aromatic heterocycles. The van der Waals surface area contributed by atoms with Crippen LogP contribution in [0.2, 0.25) is 0 Å². The van der Waals surface area contributed by atoms with E-state index in [9.17, 15) is 5.11 Å². The van der Waals surface area contributed by atoms with Gasteiger partial charge in [0.25, 0.3) is 0 Å². The number of nitrogens with zero attached hydrogens (tertiary/aromatic N) is 2. The van der Waals surface area contributed by atoms with E-state index >= 15 is 0 Å². The first kappa shape index (κ1) is 17.7. The van der Waals surface area contributed by atoms with E-state index in [0.717, 1.165) is 31.5 Å². The molecule has 1 aromatic carbocycles. The van der Waals surface area contributed by atoms with Gasteiger partial charge in [-0.2, -0.15) is 5.26 Å². The summed E-state index contributed by atoms with van der Waals surface area (Å²) in [5.41, 5.74) is 1.92. The zero-order valence-corrected chi connectivity index (χ0v) is 13.8. The number of hydrogen-bond donors (Lipinski definition) is 1. The van der Waals surface area contributed by atoms with Crippen molar-refractivity contribution in [3.05, 3.63) is 35.4 Å². The highest BCUT2D eigenvalue weighted by molar-refractivity contribution is 5.23. The van der Waals surface area contributed by atoms with Gasteiger partial charge in [0.15, 0.2) is 0 Å². The van der Waals surface area contributed by atoms with E-state index in [1.165, 1.54) is 5.56 Å². The lowest BCUT2D eigenvalue weighted by Gasteiger charge is -2.25. The molecule has 1 unspecified atom stereocenters. The molecule has 1 aromatic rings. The van der Waals surface area contributed by atoms with Crippen molar-refractivity contribution < 1.29 is 5.11 Å². The summed E-state index contributed by atoms with van der Waals surface area (Å²) in [5.74, 6) is 0. The monoisotopic (exact) mass is 288 g/mol. The van der Waals surface area contributed by atoms with Crippen LogP contribution in [0.3, 0.4) is 0 Å². The summed E-state index contributed by atoms with van der Waals surface area (Å²) in [6.45, 7) is 10.6. The Morgan fingerprint density at radius 2 is 1.90 bits per heavy atom. The summed E-state index contributed by atoms with van der Waals surface area (Å²) < 4.78 is 0. The molecule has 0 aliphatic carbocycles. The van der Waals surface area contributed by atoms with Gasteiger partial charge in [0.05, 0.1) is 17.6 Å².